The summed E-state index contributed by atoms with van der Waals surface area (Å²) >= 11 is 6.34. The van der Waals surface area contributed by atoms with E-state index < -0.39 is 29.2 Å². The predicted molar refractivity (Wildman–Crippen MR) is 116 cm³/mol. The van der Waals surface area contributed by atoms with Gasteiger partial charge in [0.05, 0.1) is 16.3 Å². The van der Waals surface area contributed by atoms with Gasteiger partial charge in [-0.25, -0.2) is 0 Å². The first-order chi connectivity index (χ1) is 15.2. The molecule has 2 saturated heterocycles. The molecule has 3 N–H and O–H groups in total. The molecule has 0 radical (unpaired) electrons. The summed E-state index contributed by atoms with van der Waals surface area (Å²) in [6.45, 7) is 3.13. The van der Waals surface area contributed by atoms with Gasteiger partial charge in [-0.3, -0.25) is 14.6 Å². The van der Waals surface area contributed by atoms with Gasteiger partial charge in [-0.2, -0.15) is 13.2 Å². The Labute approximate surface area is 189 Å². The number of fused-ring (bicyclic) bond motifs is 1. The second-order valence-electron chi connectivity index (χ2n) is 8.42. The molecule has 0 spiro atoms. The van der Waals surface area contributed by atoms with Crippen molar-refractivity contribution in [2.24, 2.45) is 0 Å². The molecular weight excluding hydrogens is 443 g/mol. The third-order valence-electron chi connectivity index (χ3n) is 6.39. The first-order valence-corrected chi connectivity index (χ1v) is 11.0. The van der Waals surface area contributed by atoms with Gasteiger partial charge in [0, 0.05) is 37.8 Å². The smallest absolute Gasteiger partial charge is 0.397 e. The van der Waals surface area contributed by atoms with Crippen LogP contribution in [-0.2, 0) is 12.7 Å². The summed E-state index contributed by atoms with van der Waals surface area (Å²) in [6, 6.07) is 9.05. The van der Waals surface area contributed by atoms with E-state index in [2.05, 4.69) is 4.90 Å². The van der Waals surface area contributed by atoms with Gasteiger partial charge in [-0.1, -0.05) is 41.9 Å². The number of carbonyl (C=O) groups excluding carboxylic acids is 1. The van der Waals surface area contributed by atoms with Gasteiger partial charge in [-0.15, -0.1) is 0 Å². The van der Waals surface area contributed by atoms with Crippen LogP contribution in [0.2, 0.25) is 5.02 Å². The molecule has 2 aromatic rings. The predicted octanol–water partition coefficient (Wildman–Crippen LogP) is 4.14. The number of aliphatic hydroxyl groups is 1. The number of ketones is 1. The second-order valence-corrected chi connectivity index (χ2v) is 8.80. The van der Waals surface area contributed by atoms with Crippen molar-refractivity contribution in [2.45, 2.75) is 37.7 Å². The van der Waals surface area contributed by atoms with Crippen molar-refractivity contribution in [3.63, 3.8) is 0 Å². The monoisotopic (exact) mass is 467 g/mol. The van der Waals surface area contributed by atoms with Gasteiger partial charge in [-0.05, 0) is 36.6 Å². The topological polar surface area (TPSA) is 69.8 Å². The highest BCUT2D eigenvalue weighted by atomic mass is 35.5. The number of hydrogen-bond donors (Lipinski definition) is 2. The summed E-state index contributed by atoms with van der Waals surface area (Å²) in [7, 11) is 0. The first kappa shape index (κ1) is 23.0. The molecule has 0 aliphatic carbocycles. The molecule has 1 unspecified atom stereocenters. The highest BCUT2D eigenvalue weighted by Gasteiger charge is 2.39. The van der Waals surface area contributed by atoms with Gasteiger partial charge in [0.2, 0.25) is 0 Å². The van der Waals surface area contributed by atoms with Crippen molar-refractivity contribution in [3.8, 4) is 0 Å². The lowest BCUT2D eigenvalue weighted by Crippen LogP contribution is -2.49. The molecule has 2 atom stereocenters. The summed E-state index contributed by atoms with van der Waals surface area (Å²) in [4.78, 5) is 17.2. The van der Waals surface area contributed by atoms with Crippen molar-refractivity contribution in [1.29, 1.82) is 0 Å². The maximum Gasteiger partial charge on any atom is 0.416 e. The summed E-state index contributed by atoms with van der Waals surface area (Å²) in [5, 5.41) is 10.1. The highest BCUT2D eigenvalue weighted by Crippen LogP contribution is 2.41. The summed E-state index contributed by atoms with van der Waals surface area (Å²) in [6.07, 6.45) is -4.24. The number of anilines is 1. The number of benzene rings is 2. The van der Waals surface area contributed by atoms with Crippen molar-refractivity contribution in [1.82, 2.24) is 9.80 Å². The highest BCUT2D eigenvalue weighted by molar-refractivity contribution is 6.35. The number of rotatable bonds is 5. The fourth-order valence-corrected chi connectivity index (χ4v) is 4.94. The average Bonchev–Trinajstić information content (AvgIpc) is 3.24. The van der Waals surface area contributed by atoms with Crippen molar-refractivity contribution < 1.29 is 23.1 Å². The average molecular weight is 468 g/mol. The van der Waals surface area contributed by atoms with Crippen LogP contribution in [0.4, 0.5) is 18.9 Å². The van der Waals surface area contributed by atoms with Crippen LogP contribution in [0.5, 0.6) is 0 Å². The number of piperazine rings is 1. The normalized spacial score (nSPS) is 20.8. The number of alkyl halides is 3. The molecule has 0 aromatic heterocycles. The minimum absolute atomic E-state index is 0.00206. The number of hydrogen-bond acceptors (Lipinski definition) is 5. The van der Waals surface area contributed by atoms with Crippen LogP contribution < -0.4 is 5.73 Å². The molecule has 2 aliphatic rings. The maximum atomic E-state index is 14.0. The molecule has 0 amide bonds. The van der Waals surface area contributed by atoms with Crippen molar-refractivity contribution >= 4 is 23.1 Å². The van der Waals surface area contributed by atoms with Crippen LogP contribution in [0.25, 0.3) is 0 Å². The number of nitrogens with zero attached hydrogens (tertiary/aromatic N) is 2. The Hall–Kier alpha value is -2.13. The molecule has 9 heteroatoms. The fraction of sp³-hybridized carbons (Fsp3) is 0.435. The van der Waals surface area contributed by atoms with E-state index in [9.17, 15) is 23.1 Å². The lowest BCUT2D eigenvalue weighted by atomic mass is 9.94. The minimum Gasteiger partial charge on any atom is -0.397 e. The van der Waals surface area contributed by atoms with Crippen molar-refractivity contribution in [3.05, 3.63) is 63.7 Å². The standard InChI is InChI=1S/C23H25ClF3N3O2/c24-19-17(13-29-9-10-30-8-4-7-15(30)12-29)18(23(25,26)27)11-16(20(19)28)22(32)21(31)14-5-2-1-3-6-14/h1-3,5-6,11,15,21,31H,4,7-10,12-13,28H2/t15-,21?/m0/s1. The number of nitrogens with two attached hydrogens (primary N) is 1. The number of halogens is 4. The zero-order chi connectivity index (χ0) is 23.0. The number of carbonyl (C=O) groups is 1. The molecule has 4 rings (SSSR count). The number of aliphatic hydroxyl groups excluding tert-OH is 1. The molecule has 2 heterocycles. The van der Waals surface area contributed by atoms with Gasteiger partial charge in [0.25, 0.3) is 0 Å². The Morgan fingerprint density at radius 1 is 1.22 bits per heavy atom. The van der Waals surface area contributed by atoms with Crippen LogP contribution in [0.1, 0.15) is 46.0 Å². The minimum atomic E-state index is -4.73. The summed E-state index contributed by atoms with van der Waals surface area (Å²) in [5.41, 5.74) is 4.52. The largest absolute Gasteiger partial charge is 0.416 e. The van der Waals surface area contributed by atoms with E-state index >= 15 is 0 Å². The maximum absolute atomic E-state index is 14.0. The zero-order valence-electron chi connectivity index (χ0n) is 17.4. The van der Waals surface area contributed by atoms with Gasteiger partial charge in [0.15, 0.2) is 5.78 Å². The van der Waals surface area contributed by atoms with Gasteiger partial charge < -0.3 is 10.8 Å². The van der Waals surface area contributed by atoms with Gasteiger partial charge in [0.1, 0.15) is 6.10 Å². The lowest BCUT2D eigenvalue weighted by molar-refractivity contribution is -0.138. The van der Waals surface area contributed by atoms with Crippen LogP contribution in [-0.4, -0.2) is 52.9 Å². The van der Waals surface area contributed by atoms with Crippen molar-refractivity contribution in [2.75, 3.05) is 31.9 Å². The molecule has 32 heavy (non-hydrogen) atoms. The molecule has 2 aromatic carbocycles. The Morgan fingerprint density at radius 3 is 2.62 bits per heavy atom. The van der Waals surface area contributed by atoms with E-state index in [-0.39, 0.29) is 28.4 Å². The van der Waals surface area contributed by atoms with E-state index in [1.807, 2.05) is 4.90 Å². The van der Waals surface area contributed by atoms with E-state index in [1.165, 1.54) is 12.1 Å². The van der Waals surface area contributed by atoms with Crippen LogP contribution in [0.15, 0.2) is 36.4 Å². The molecular formula is C23H25ClF3N3O2. The Kier molecular flexibility index (Phi) is 6.49. The summed E-state index contributed by atoms with van der Waals surface area (Å²) in [5.74, 6) is -0.924. The SMILES string of the molecule is Nc1c(C(=O)C(O)c2ccccc2)cc(C(F)(F)F)c(CN2CCN3CCC[C@H]3C2)c1Cl. The molecule has 0 saturated carbocycles. The van der Waals surface area contributed by atoms with Crippen LogP contribution in [0.3, 0.4) is 0 Å². The fourth-order valence-electron chi connectivity index (χ4n) is 4.68. The van der Waals surface area contributed by atoms with E-state index in [0.717, 1.165) is 32.0 Å². The van der Waals surface area contributed by atoms with Crippen LogP contribution >= 0.6 is 11.6 Å². The summed E-state index contributed by atoms with van der Waals surface area (Å²) < 4.78 is 42.0. The van der Waals surface area contributed by atoms with E-state index in [1.54, 1.807) is 18.2 Å². The Bertz CT molecular complexity index is 1000. The molecule has 172 valence electrons. The molecule has 5 nitrogen and oxygen atoms in total. The Morgan fingerprint density at radius 2 is 1.94 bits per heavy atom. The van der Waals surface area contributed by atoms with E-state index in [4.69, 9.17) is 17.3 Å². The third-order valence-corrected chi connectivity index (χ3v) is 6.82. The molecule has 2 aliphatic heterocycles. The second kappa shape index (κ2) is 9.02. The van der Waals surface area contributed by atoms with Gasteiger partial charge >= 0.3 is 6.18 Å². The van der Waals surface area contributed by atoms with Crippen LogP contribution in [0, 0.1) is 0 Å². The molecule has 2 fully saturated rings. The number of Topliss-reactive ketones (excluding diaryl/α,β-unsaturated/α-hetero) is 1. The third kappa shape index (κ3) is 4.50. The zero-order valence-corrected chi connectivity index (χ0v) is 18.2. The lowest BCUT2D eigenvalue weighted by Gasteiger charge is -2.38. The van der Waals surface area contributed by atoms with E-state index in [0.29, 0.717) is 19.1 Å². The molecule has 0 bridgehead atoms. The first-order valence-electron chi connectivity index (χ1n) is 10.6. The Balaban J connectivity index is 1.67. The quantitative estimate of drug-likeness (QED) is 0.511. The number of nitrogen functional groups attached to an aromatic ring is 1.